The van der Waals surface area contributed by atoms with Gasteiger partial charge < -0.3 is 9.64 Å². The summed E-state index contributed by atoms with van der Waals surface area (Å²) >= 11 is 0. The van der Waals surface area contributed by atoms with Crippen LogP contribution in [-0.2, 0) is 11.2 Å². The quantitative estimate of drug-likeness (QED) is 0.629. The van der Waals surface area contributed by atoms with Gasteiger partial charge in [0, 0.05) is 22.9 Å². The summed E-state index contributed by atoms with van der Waals surface area (Å²) in [7, 11) is 0. The van der Waals surface area contributed by atoms with Crippen molar-refractivity contribution in [2.45, 2.75) is 19.4 Å². The first-order chi connectivity index (χ1) is 13.6. The number of para-hydroxylation sites is 1. The van der Waals surface area contributed by atoms with Gasteiger partial charge in [-0.3, -0.25) is 9.59 Å². The minimum atomic E-state index is -0.0677. The molecule has 1 amide bonds. The first kappa shape index (κ1) is 18.0. The summed E-state index contributed by atoms with van der Waals surface area (Å²) in [6.45, 7) is 2.01. The van der Waals surface area contributed by atoms with Crippen molar-refractivity contribution in [2.24, 2.45) is 0 Å². The second-order valence-electron chi connectivity index (χ2n) is 6.95. The highest BCUT2D eigenvalue weighted by atomic mass is 16.5. The number of benzene rings is 3. The van der Waals surface area contributed by atoms with Crippen LogP contribution in [0.2, 0.25) is 0 Å². The lowest BCUT2D eigenvalue weighted by molar-refractivity contribution is -0.120. The zero-order valence-electron chi connectivity index (χ0n) is 15.7. The lowest BCUT2D eigenvalue weighted by atomic mass is 10.0. The normalized spacial score (nSPS) is 15.2. The number of nitrogens with zero attached hydrogens (tertiary/aromatic N) is 1. The van der Waals surface area contributed by atoms with E-state index in [1.807, 2.05) is 48.2 Å². The predicted octanol–water partition coefficient (Wildman–Crippen LogP) is 4.27. The molecular formula is C24H21NO3. The Morgan fingerprint density at radius 1 is 0.893 bits per heavy atom. The largest absolute Gasteiger partial charge is 0.484 e. The summed E-state index contributed by atoms with van der Waals surface area (Å²) in [5, 5.41) is 0. The summed E-state index contributed by atoms with van der Waals surface area (Å²) in [6, 6.07) is 24.1. The number of hydrogen-bond donors (Lipinski definition) is 0. The van der Waals surface area contributed by atoms with Crippen molar-refractivity contribution in [2.75, 3.05) is 11.5 Å². The third kappa shape index (κ3) is 3.54. The molecule has 28 heavy (non-hydrogen) atoms. The van der Waals surface area contributed by atoms with Crippen LogP contribution in [0.25, 0.3) is 0 Å². The average Bonchev–Trinajstić information content (AvgIpc) is 3.08. The van der Waals surface area contributed by atoms with Gasteiger partial charge in [0.05, 0.1) is 0 Å². The Kier molecular flexibility index (Phi) is 4.94. The molecule has 4 heteroatoms. The number of fused-ring (bicyclic) bond motifs is 1. The summed E-state index contributed by atoms with van der Waals surface area (Å²) in [6.07, 6.45) is 0.859. The van der Waals surface area contributed by atoms with Gasteiger partial charge in [0.15, 0.2) is 12.4 Å². The molecule has 0 aliphatic carbocycles. The fourth-order valence-corrected chi connectivity index (χ4v) is 3.62. The van der Waals surface area contributed by atoms with Crippen molar-refractivity contribution >= 4 is 17.4 Å². The second-order valence-corrected chi connectivity index (χ2v) is 6.95. The van der Waals surface area contributed by atoms with Crippen molar-refractivity contribution in [1.29, 1.82) is 0 Å². The maximum absolute atomic E-state index is 12.7. The van der Waals surface area contributed by atoms with E-state index in [0.717, 1.165) is 12.1 Å². The Labute approximate surface area is 164 Å². The number of hydrogen-bond acceptors (Lipinski definition) is 3. The van der Waals surface area contributed by atoms with Gasteiger partial charge >= 0.3 is 0 Å². The fourth-order valence-electron chi connectivity index (χ4n) is 3.62. The topological polar surface area (TPSA) is 46.6 Å². The lowest BCUT2D eigenvalue weighted by Gasteiger charge is -2.22. The van der Waals surface area contributed by atoms with Gasteiger partial charge in [0.1, 0.15) is 5.75 Å². The Bertz CT molecular complexity index is 996. The van der Waals surface area contributed by atoms with Crippen LogP contribution in [-0.4, -0.2) is 24.3 Å². The number of rotatable bonds is 5. The molecule has 0 unspecified atom stereocenters. The van der Waals surface area contributed by atoms with E-state index in [1.54, 1.807) is 36.4 Å². The number of carbonyl (C=O) groups is 2. The van der Waals surface area contributed by atoms with Crippen LogP contribution < -0.4 is 9.64 Å². The smallest absolute Gasteiger partial charge is 0.265 e. The molecule has 0 aromatic heterocycles. The maximum atomic E-state index is 12.7. The summed E-state index contributed by atoms with van der Waals surface area (Å²) < 4.78 is 5.68. The average molecular weight is 371 g/mol. The lowest BCUT2D eigenvalue weighted by Crippen LogP contribution is -2.39. The molecule has 0 fully saturated rings. The molecule has 1 heterocycles. The molecule has 1 atom stereocenters. The van der Waals surface area contributed by atoms with E-state index in [1.165, 1.54) is 5.56 Å². The Morgan fingerprint density at radius 2 is 1.54 bits per heavy atom. The third-order valence-corrected chi connectivity index (χ3v) is 4.99. The van der Waals surface area contributed by atoms with Crippen molar-refractivity contribution < 1.29 is 14.3 Å². The van der Waals surface area contributed by atoms with E-state index in [0.29, 0.717) is 16.9 Å². The van der Waals surface area contributed by atoms with Crippen LogP contribution in [0.15, 0.2) is 78.9 Å². The highest BCUT2D eigenvalue weighted by Gasteiger charge is 2.30. The highest BCUT2D eigenvalue weighted by Crippen LogP contribution is 2.31. The molecular weight excluding hydrogens is 350 g/mol. The zero-order valence-corrected chi connectivity index (χ0v) is 15.7. The Morgan fingerprint density at radius 3 is 2.29 bits per heavy atom. The third-order valence-electron chi connectivity index (χ3n) is 4.99. The van der Waals surface area contributed by atoms with Crippen LogP contribution in [0.5, 0.6) is 5.75 Å². The van der Waals surface area contributed by atoms with Crippen LogP contribution in [0.4, 0.5) is 5.69 Å². The highest BCUT2D eigenvalue weighted by molar-refractivity contribution is 6.09. The van der Waals surface area contributed by atoms with Gasteiger partial charge in [-0.15, -0.1) is 0 Å². The summed E-state index contributed by atoms with van der Waals surface area (Å²) in [5.74, 6) is 0.464. The first-order valence-corrected chi connectivity index (χ1v) is 9.36. The molecule has 1 aliphatic heterocycles. The van der Waals surface area contributed by atoms with Crippen molar-refractivity contribution in [3.63, 3.8) is 0 Å². The predicted molar refractivity (Wildman–Crippen MR) is 109 cm³/mol. The van der Waals surface area contributed by atoms with Gasteiger partial charge in [-0.2, -0.15) is 0 Å². The van der Waals surface area contributed by atoms with Gasteiger partial charge in [-0.1, -0.05) is 48.5 Å². The molecule has 0 radical (unpaired) electrons. The monoisotopic (exact) mass is 371 g/mol. The van der Waals surface area contributed by atoms with E-state index >= 15 is 0 Å². The van der Waals surface area contributed by atoms with E-state index in [2.05, 4.69) is 6.07 Å². The summed E-state index contributed by atoms with van der Waals surface area (Å²) in [4.78, 5) is 27.0. The first-order valence-electron chi connectivity index (χ1n) is 9.36. The van der Waals surface area contributed by atoms with Crippen LogP contribution in [0.3, 0.4) is 0 Å². The van der Waals surface area contributed by atoms with Crippen LogP contribution in [0, 0.1) is 0 Å². The SMILES string of the molecule is C[C@H]1Cc2ccccc2N1C(=O)COc1ccc(C(=O)c2ccccc2)cc1. The van der Waals surface area contributed by atoms with E-state index < -0.39 is 0 Å². The molecule has 3 aromatic carbocycles. The standard InChI is InChI=1S/C24H21NO3/c1-17-15-20-9-5-6-10-22(20)25(17)23(26)16-28-21-13-11-19(12-14-21)24(27)18-7-3-2-4-8-18/h2-14,17H,15-16H2,1H3/t17-/m0/s1. The minimum Gasteiger partial charge on any atom is -0.484 e. The number of carbonyl (C=O) groups excluding carboxylic acids is 2. The molecule has 0 N–H and O–H groups in total. The van der Waals surface area contributed by atoms with Gasteiger partial charge in [0.25, 0.3) is 5.91 Å². The molecule has 0 saturated carbocycles. The molecule has 0 saturated heterocycles. The molecule has 4 rings (SSSR count). The zero-order chi connectivity index (χ0) is 19.5. The number of amides is 1. The minimum absolute atomic E-state index is 0.0364. The van der Waals surface area contributed by atoms with E-state index in [4.69, 9.17) is 4.74 Å². The molecule has 0 spiro atoms. The van der Waals surface area contributed by atoms with E-state index in [9.17, 15) is 9.59 Å². The van der Waals surface area contributed by atoms with Crippen molar-refractivity contribution in [3.05, 3.63) is 95.6 Å². The van der Waals surface area contributed by atoms with E-state index in [-0.39, 0.29) is 24.3 Å². The van der Waals surface area contributed by atoms with Gasteiger partial charge in [-0.25, -0.2) is 0 Å². The molecule has 3 aromatic rings. The van der Waals surface area contributed by atoms with Crippen LogP contribution >= 0.6 is 0 Å². The molecule has 1 aliphatic rings. The molecule has 4 nitrogen and oxygen atoms in total. The van der Waals surface area contributed by atoms with Crippen molar-refractivity contribution in [3.8, 4) is 5.75 Å². The number of anilines is 1. The molecule has 140 valence electrons. The van der Waals surface area contributed by atoms with Crippen molar-refractivity contribution in [1.82, 2.24) is 0 Å². The Balaban J connectivity index is 1.40. The second kappa shape index (κ2) is 7.69. The molecule has 0 bridgehead atoms. The van der Waals surface area contributed by atoms with Gasteiger partial charge in [0.2, 0.25) is 0 Å². The summed E-state index contributed by atoms with van der Waals surface area (Å²) in [5.41, 5.74) is 3.39. The fraction of sp³-hybridized carbons (Fsp3) is 0.167. The number of ketones is 1. The number of ether oxygens (including phenoxy) is 1. The van der Waals surface area contributed by atoms with Gasteiger partial charge in [-0.05, 0) is 49.2 Å². The Hall–Kier alpha value is -3.40. The maximum Gasteiger partial charge on any atom is 0.265 e. The van der Waals surface area contributed by atoms with Crippen LogP contribution in [0.1, 0.15) is 28.4 Å².